The van der Waals surface area contributed by atoms with Gasteiger partial charge in [-0.25, -0.2) is 0 Å². The predicted octanol–water partition coefficient (Wildman–Crippen LogP) is 1.86. The molecule has 2 atom stereocenters. The monoisotopic (exact) mass is 246 g/mol. The van der Waals surface area contributed by atoms with Crippen molar-refractivity contribution in [2.24, 2.45) is 5.92 Å². The molecule has 0 radical (unpaired) electrons. The summed E-state index contributed by atoms with van der Waals surface area (Å²) in [7, 11) is 4.10. The molecular weight excluding hydrogens is 224 g/mol. The normalized spacial score (nSPS) is 21.9. The summed E-state index contributed by atoms with van der Waals surface area (Å²) in [5.74, 6) is 0.870. The SMILES string of the molecule is CN(C)CCCNC(=O)[C@@H]1C[C@@H]1c1ccccc1. The van der Waals surface area contributed by atoms with Crippen molar-refractivity contribution in [3.63, 3.8) is 0 Å². The van der Waals surface area contributed by atoms with Crippen LogP contribution < -0.4 is 5.32 Å². The number of carbonyl (C=O) groups is 1. The van der Waals surface area contributed by atoms with Crippen LogP contribution in [-0.4, -0.2) is 38.0 Å². The Balaban J connectivity index is 1.70. The number of nitrogens with zero attached hydrogens (tertiary/aromatic N) is 1. The first-order chi connectivity index (χ1) is 8.68. The van der Waals surface area contributed by atoms with E-state index in [1.807, 2.05) is 32.3 Å². The van der Waals surface area contributed by atoms with Gasteiger partial charge in [0.05, 0.1) is 0 Å². The van der Waals surface area contributed by atoms with E-state index in [4.69, 9.17) is 0 Å². The van der Waals surface area contributed by atoms with Gasteiger partial charge in [-0.2, -0.15) is 0 Å². The van der Waals surface area contributed by atoms with Crippen molar-refractivity contribution >= 4 is 5.91 Å². The van der Waals surface area contributed by atoms with Crippen LogP contribution in [-0.2, 0) is 4.79 Å². The van der Waals surface area contributed by atoms with Crippen LogP contribution in [0.2, 0.25) is 0 Å². The Hall–Kier alpha value is -1.35. The summed E-state index contributed by atoms with van der Waals surface area (Å²) in [5.41, 5.74) is 1.30. The molecule has 0 bridgehead atoms. The third-order valence-corrected chi connectivity index (χ3v) is 3.44. The zero-order valence-corrected chi connectivity index (χ0v) is 11.2. The Morgan fingerprint density at radius 2 is 2.06 bits per heavy atom. The topological polar surface area (TPSA) is 32.3 Å². The maximum atomic E-state index is 11.9. The van der Waals surface area contributed by atoms with Gasteiger partial charge in [-0.3, -0.25) is 4.79 Å². The Morgan fingerprint density at radius 1 is 1.33 bits per heavy atom. The van der Waals surface area contributed by atoms with Crippen LogP contribution >= 0.6 is 0 Å². The van der Waals surface area contributed by atoms with Gasteiger partial charge >= 0.3 is 0 Å². The van der Waals surface area contributed by atoms with Crippen molar-refractivity contribution in [1.29, 1.82) is 0 Å². The smallest absolute Gasteiger partial charge is 0.223 e. The molecule has 1 fully saturated rings. The van der Waals surface area contributed by atoms with Gasteiger partial charge in [0.1, 0.15) is 0 Å². The fourth-order valence-electron chi connectivity index (χ4n) is 2.29. The van der Waals surface area contributed by atoms with Crippen molar-refractivity contribution < 1.29 is 4.79 Å². The second-order valence-electron chi connectivity index (χ2n) is 5.31. The Bertz CT molecular complexity index is 389. The lowest BCUT2D eigenvalue weighted by Gasteiger charge is -2.09. The molecule has 2 rings (SSSR count). The number of rotatable bonds is 6. The molecule has 1 aliphatic carbocycles. The highest BCUT2D eigenvalue weighted by molar-refractivity contribution is 5.82. The van der Waals surface area contributed by atoms with Crippen LogP contribution in [0, 0.1) is 5.92 Å². The maximum Gasteiger partial charge on any atom is 0.223 e. The van der Waals surface area contributed by atoms with Gasteiger partial charge in [0, 0.05) is 12.5 Å². The average Bonchev–Trinajstić information content (AvgIpc) is 3.15. The maximum absolute atomic E-state index is 11.9. The van der Waals surface area contributed by atoms with Gasteiger partial charge in [-0.1, -0.05) is 30.3 Å². The first kappa shape index (κ1) is 13.1. The summed E-state index contributed by atoms with van der Waals surface area (Å²) < 4.78 is 0. The molecule has 3 heteroatoms. The molecule has 0 spiro atoms. The third kappa shape index (κ3) is 3.57. The Kier molecular flexibility index (Phi) is 4.37. The zero-order valence-electron chi connectivity index (χ0n) is 11.2. The number of benzene rings is 1. The van der Waals surface area contributed by atoms with E-state index in [-0.39, 0.29) is 11.8 Å². The minimum atomic E-state index is 0.201. The first-order valence-electron chi connectivity index (χ1n) is 6.66. The molecule has 1 saturated carbocycles. The Labute approximate surface area is 109 Å². The predicted molar refractivity (Wildman–Crippen MR) is 73.5 cm³/mol. The van der Waals surface area contributed by atoms with Gasteiger partial charge in [-0.05, 0) is 45.0 Å². The van der Waals surface area contributed by atoms with Crippen LogP contribution in [0.15, 0.2) is 30.3 Å². The molecular formula is C15H22N2O. The van der Waals surface area contributed by atoms with Gasteiger partial charge in [0.2, 0.25) is 5.91 Å². The lowest BCUT2D eigenvalue weighted by molar-refractivity contribution is -0.122. The second kappa shape index (κ2) is 6.01. The van der Waals surface area contributed by atoms with E-state index in [1.54, 1.807) is 0 Å². The number of nitrogens with one attached hydrogen (secondary N) is 1. The summed E-state index contributed by atoms with van der Waals surface area (Å²) in [5, 5.41) is 3.03. The number of amides is 1. The molecule has 0 aliphatic heterocycles. The van der Waals surface area contributed by atoms with Crippen LogP contribution in [0.4, 0.5) is 0 Å². The molecule has 0 unspecified atom stereocenters. The van der Waals surface area contributed by atoms with Crippen LogP contribution in [0.1, 0.15) is 24.3 Å². The van der Waals surface area contributed by atoms with E-state index in [2.05, 4.69) is 22.3 Å². The van der Waals surface area contributed by atoms with Gasteiger partial charge < -0.3 is 10.2 Å². The lowest BCUT2D eigenvalue weighted by Crippen LogP contribution is -2.28. The minimum absolute atomic E-state index is 0.201. The van der Waals surface area contributed by atoms with E-state index < -0.39 is 0 Å². The van der Waals surface area contributed by atoms with Gasteiger partial charge in [-0.15, -0.1) is 0 Å². The fraction of sp³-hybridized carbons (Fsp3) is 0.533. The highest BCUT2D eigenvalue weighted by Gasteiger charge is 2.43. The van der Waals surface area contributed by atoms with Crippen LogP contribution in [0.3, 0.4) is 0 Å². The Morgan fingerprint density at radius 3 is 2.72 bits per heavy atom. The molecule has 18 heavy (non-hydrogen) atoms. The van der Waals surface area contributed by atoms with Gasteiger partial charge in [0.15, 0.2) is 0 Å². The van der Waals surface area contributed by atoms with Crippen molar-refractivity contribution in [3.05, 3.63) is 35.9 Å². The quantitative estimate of drug-likeness (QED) is 0.777. The summed E-state index contributed by atoms with van der Waals surface area (Å²) in [4.78, 5) is 14.0. The number of hydrogen-bond acceptors (Lipinski definition) is 2. The van der Waals surface area contributed by atoms with Crippen molar-refractivity contribution in [2.45, 2.75) is 18.8 Å². The van der Waals surface area contributed by atoms with E-state index in [0.29, 0.717) is 5.92 Å². The number of hydrogen-bond donors (Lipinski definition) is 1. The lowest BCUT2D eigenvalue weighted by atomic mass is 10.1. The van der Waals surface area contributed by atoms with E-state index in [9.17, 15) is 4.79 Å². The summed E-state index contributed by atoms with van der Waals surface area (Å²) in [6, 6.07) is 10.3. The average molecular weight is 246 g/mol. The van der Waals surface area contributed by atoms with Crippen LogP contribution in [0.5, 0.6) is 0 Å². The fourth-order valence-corrected chi connectivity index (χ4v) is 2.29. The highest BCUT2D eigenvalue weighted by Crippen LogP contribution is 2.47. The highest BCUT2D eigenvalue weighted by atomic mass is 16.2. The molecule has 1 aromatic carbocycles. The third-order valence-electron chi connectivity index (χ3n) is 3.44. The first-order valence-corrected chi connectivity index (χ1v) is 6.66. The summed E-state index contributed by atoms with van der Waals surface area (Å²) in [6.45, 7) is 1.81. The molecule has 0 aromatic heterocycles. The molecule has 3 nitrogen and oxygen atoms in total. The molecule has 1 amide bonds. The minimum Gasteiger partial charge on any atom is -0.356 e. The molecule has 1 N–H and O–H groups in total. The largest absolute Gasteiger partial charge is 0.356 e. The molecule has 1 aliphatic rings. The zero-order chi connectivity index (χ0) is 13.0. The molecule has 98 valence electrons. The van der Waals surface area contributed by atoms with E-state index in [0.717, 1.165) is 25.9 Å². The molecule has 1 aromatic rings. The summed E-state index contributed by atoms with van der Waals surface area (Å²) >= 11 is 0. The summed E-state index contributed by atoms with van der Waals surface area (Å²) in [6.07, 6.45) is 2.02. The van der Waals surface area contributed by atoms with Crippen molar-refractivity contribution in [3.8, 4) is 0 Å². The standard InChI is InChI=1S/C15H22N2O/c1-17(2)10-6-9-16-15(18)14-11-13(14)12-7-4-3-5-8-12/h3-5,7-8,13-14H,6,9-11H2,1-2H3,(H,16,18)/t13-,14-/m1/s1. The van der Waals surface area contributed by atoms with E-state index in [1.165, 1.54) is 5.56 Å². The molecule has 0 saturated heterocycles. The second-order valence-corrected chi connectivity index (χ2v) is 5.31. The van der Waals surface area contributed by atoms with Crippen molar-refractivity contribution in [2.75, 3.05) is 27.2 Å². The van der Waals surface area contributed by atoms with E-state index >= 15 is 0 Å². The van der Waals surface area contributed by atoms with Crippen LogP contribution in [0.25, 0.3) is 0 Å². The van der Waals surface area contributed by atoms with Crippen molar-refractivity contribution in [1.82, 2.24) is 10.2 Å². The van der Waals surface area contributed by atoms with Gasteiger partial charge in [0.25, 0.3) is 0 Å². The molecule has 0 heterocycles. The number of carbonyl (C=O) groups excluding carboxylic acids is 1.